The van der Waals surface area contributed by atoms with E-state index in [2.05, 4.69) is 20.2 Å². The van der Waals surface area contributed by atoms with Crippen LogP contribution in [0.5, 0.6) is 0 Å². The molecule has 0 saturated carbocycles. The number of nitrogens with one attached hydrogen (secondary N) is 2. The van der Waals surface area contributed by atoms with Crippen LogP contribution in [0.15, 0.2) is 62.9 Å². The number of aromatic nitrogens is 1. The van der Waals surface area contributed by atoms with E-state index in [4.69, 9.17) is 4.52 Å². The third kappa shape index (κ3) is 3.89. The number of carbonyl (C=O) groups is 1. The standard InChI is InChI=1S/C19H18N4O4S/c24-19(12-16-15-7-1-2-8-17(15)27-22-16)21-13-5-3-6-14(11-13)28(25,26)23-18-9-4-10-20-18/h1-3,5-8,11H,4,9-10,12H2,(H,20,23)(H,21,24). The highest BCUT2D eigenvalue weighted by molar-refractivity contribution is 7.90. The summed E-state index contributed by atoms with van der Waals surface area (Å²) in [7, 11) is -3.74. The van der Waals surface area contributed by atoms with Gasteiger partial charge in [0.05, 0.1) is 11.3 Å². The Morgan fingerprint density at radius 2 is 2.00 bits per heavy atom. The van der Waals surface area contributed by atoms with Crippen molar-refractivity contribution in [3.63, 3.8) is 0 Å². The van der Waals surface area contributed by atoms with Gasteiger partial charge in [0.2, 0.25) is 5.91 Å². The summed E-state index contributed by atoms with van der Waals surface area (Å²) >= 11 is 0. The number of amides is 1. The van der Waals surface area contributed by atoms with Crippen molar-refractivity contribution in [3.8, 4) is 0 Å². The lowest BCUT2D eigenvalue weighted by Gasteiger charge is -2.10. The predicted octanol–water partition coefficient (Wildman–Crippen LogP) is 2.48. The summed E-state index contributed by atoms with van der Waals surface area (Å²) in [6.45, 7) is 0.630. The molecule has 8 nitrogen and oxygen atoms in total. The number of hydrogen-bond donors (Lipinski definition) is 2. The second-order valence-electron chi connectivity index (χ2n) is 6.42. The van der Waals surface area contributed by atoms with Crippen molar-refractivity contribution < 1.29 is 17.7 Å². The number of nitrogens with zero attached hydrogens (tertiary/aromatic N) is 2. The number of amidine groups is 1. The number of para-hydroxylation sites is 1. The quantitative estimate of drug-likeness (QED) is 0.685. The first-order valence-electron chi connectivity index (χ1n) is 8.81. The Morgan fingerprint density at radius 1 is 1.14 bits per heavy atom. The lowest BCUT2D eigenvalue weighted by Crippen LogP contribution is -2.29. The highest BCUT2D eigenvalue weighted by atomic mass is 32.2. The summed E-state index contributed by atoms with van der Waals surface area (Å²) in [5.74, 6) is 0.147. The Morgan fingerprint density at radius 3 is 2.82 bits per heavy atom. The van der Waals surface area contributed by atoms with Crippen molar-refractivity contribution in [3.05, 3.63) is 54.2 Å². The van der Waals surface area contributed by atoms with E-state index in [1.807, 2.05) is 18.2 Å². The van der Waals surface area contributed by atoms with E-state index < -0.39 is 10.0 Å². The summed E-state index contributed by atoms with van der Waals surface area (Å²) in [5, 5.41) is 7.42. The van der Waals surface area contributed by atoms with Crippen LogP contribution in [0.4, 0.5) is 5.69 Å². The fourth-order valence-electron chi connectivity index (χ4n) is 3.00. The lowest BCUT2D eigenvalue weighted by molar-refractivity contribution is -0.115. The summed E-state index contributed by atoms with van der Waals surface area (Å²) < 4.78 is 32.7. The van der Waals surface area contributed by atoms with Crippen molar-refractivity contribution in [2.24, 2.45) is 4.99 Å². The summed E-state index contributed by atoms with van der Waals surface area (Å²) in [5.41, 5.74) is 1.52. The average molecular weight is 398 g/mol. The first kappa shape index (κ1) is 18.2. The summed E-state index contributed by atoms with van der Waals surface area (Å²) in [6.07, 6.45) is 1.47. The van der Waals surface area contributed by atoms with Gasteiger partial charge >= 0.3 is 0 Å². The molecule has 0 radical (unpaired) electrons. The molecule has 2 N–H and O–H groups in total. The highest BCUT2D eigenvalue weighted by Gasteiger charge is 2.19. The molecule has 1 amide bonds. The molecule has 0 saturated heterocycles. The first-order valence-corrected chi connectivity index (χ1v) is 10.3. The van der Waals surface area contributed by atoms with Gasteiger partial charge in [-0.1, -0.05) is 23.4 Å². The second kappa shape index (κ2) is 7.43. The van der Waals surface area contributed by atoms with Gasteiger partial charge in [0.1, 0.15) is 11.5 Å². The Bertz CT molecular complexity index is 1170. The van der Waals surface area contributed by atoms with Crippen LogP contribution in [0.3, 0.4) is 0 Å². The van der Waals surface area contributed by atoms with Crippen molar-refractivity contribution in [1.29, 1.82) is 0 Å². The van der Waals surface area contributed by atoms with E-state index in [0.29, 0.717) is 35.8 Å². The molecule has 9 heteroatoms. The number of aliphatic imine (C=N–C) groups is 1. The molecule has 2 aromatic carbocycles. The van der Waals surface area contributed by atoms with Gasteiger partial charge in [-0.25, -0.2) is 8.42 Å². The van der Waals surface area contributed by atoms with E-state index in [-0.39, 0.29) is 17.2 Å². The van der Waals surface area contributed by atoms with Crippen molar-refractivity contribution in [2.45, 2.75) is 24.2 Å². The number of sulfonamides is 1. The molecular formula is C19H18N4O4S. The van der Waals surface area contributed by atoms with Gasteiger partial charge in [0.15, 0.2) is 5.58 Å². The first-order chi connectivity index (χ1) is 13.5. The molecule has 0 atom stereocenters. The molecule has 1 aromatic heterocycles. The van der Waals surface area contributed by atoms with Crippen LogP contribution >= 0.6 is 0 Å². The van der Waals surface area contributed by atoms with Gasteiger partial charge in [0.25, 0.3) is 10.0 Å². The smallest absolute Gasteiger partial charge is 0.262 e. The number of anilines is 1. The molecule has 28 heavy (non-hydrogen) atoms. The summed E-state index contributed by atoms with van der Waals surface area (Å²) in [6, 6.07) is 13.4. The molecule has 2 heterocycles. The van der Waals surface area contributed by atoms with E-state index in [9.17, 15) is 13.2 Å². The van der Waals surface area contributed by atoms with Gasteiger partial charge < -0.3 is 9.84 Å². The van der Waals surface area contributed by atoms with Crippen LogP contribution < -0.4 is 10.0 Å². The van der Waals surface area contributed by atoms with Gasteiger partial charge in [-0.3, -0.25) is 14.5 Å². The summed E-state index contributed by atoms with van der Waals surface area (Å²) in [4.78, 5) is 16.6. The molecule has 0 spiro atoms. The van der Waals surface area contributed by atoms with Crippen LogP contribution in [0.2, 0.25) is 0 Å². The third-order valence-corrected chi connectivity index (χ3v) is 5.71. The highest BCUT2D eigenvalue weighted by Crippen LogP contribution is 2.20. The normalized spacial score (nSPS) is 14.1. The topological polar surface area (TPSA) is 114 Å². The van der Waals surface area contributed by atoms with Crippen molar-refractivity contribution >= 4 is 38.4 Å². The minimum Gasteiger partial charge on any atom is -0.356 e. The average Bonchev–Trinajstić information content (AvgIpc) is 3.32. The number of benzene rings is 2. The molecule has 1 aliphatic rings. The minimum absolute atomic E-state index is 0.0169. The fourth-order valence-corrected chi connectivity index (χ4v) is 4.14. The molecule has 1 aliphatic heterocycles. The number of hydrogen-bond acceptors (Lipinski definition) is 6. The van der Waals surface area contributed by atoms with E-state index in [1.54, 1.807) is 18.2 Å². The zero-order chi connectivity index (χ0) is 19.6. The monoisotopic (exact) mass is 398 g/mol. The third-order valence-electron chi connectivity index (χ3n) is 4.33. The van der Waals surface area contributed by atoms with Gasteiger partial charge in [-0.15, -0.1) is 0 Å². The number of fused-ring (bicyclic) bond motifs is 1. The number of carbonyl (C=O) groups excluding carboxylic acids is 1. The van der Waals surface area contributed by atoms with Gasteiger partial charge in [-0.2, -0.15) is 0 Å². The van der Waals surface area contributed by atoms with Gasteiger partial charge in [-0.05, 0) is 36.8 Å². The minimum atomic E-state index is -3.74. The molecule has 0 fully saturated rings. The zero-order valence-corrected chi connectivity index (χ0v) is 15.7. The van der Waals surface area contributed by atoms with Crippen LogP contribution in [0, 0.1) is 0 Å². The fraction of sp³-hybridized carbons (Fsp3) is 0.211. The molecule has 4 rings (SSSR count). The SMILES string of the molecule is O=C(Cc1noc2ccccc12)Nc1cccc(S(=O)(=O)NC2=NCCC2)c1. The van der Waals surface area contributed by atoms with Gasteiger partial charge in [0, 0.05) is 24.0 Å². The largest absolute Gasteiger partial charge is 0.356 e. The second-order valence-corrected chi connectivity index (χ2v) is 8.10. The Labute approximate surface area is 161 Å². The molecular weight excluding hydrogens is 380 g/mol. The maximum Gasteiger partial charge on any atom is 0.262 e. The van der Waals surface area contributed by atoms with Crippen LogP contribution in [-0.2, 0) is 21.2 Å². The van der Waals surface area contributed by atoms with Crippen LogP contribution in [-0.4, -0.2) is 31.9 Å². The predicted molar refractivity (Wildman–Crippen MR) is 105 cm³/mol. The maximum atomic E-state index is 12.5. The van der Waals surface area contributed by atoms with Crippen LogP contribution in [0.25, 0.3) is 11.0 Å². The molecule has 0 bridgehead atoms. The van der Waals surface area contributed by atoms with E-state index >= 15 is 0 Å². The molecule has 144 valence electrons. The molecule has 0 unspecified atom stereocenters. The zero-order valence-electron chi connectivity index (χ0n) is 14.9. The molecule has 0 aliphatic carbocycles. The number of rotatable bonds is 5. The Hall–Kier alpha value is -3.20. The Balaban J connectivity index is 1.47. The molecule has 3 aromatic rings. The van der Waals surface area contributed by atoms with Crippen molar-refractivity contribution in [2.75, 3.05) is 11.9 Å². The van der Waals surface area contributed by atoms with Crippen LogP contribution in [0.1, 0.15) is 18.5 Å². The van der Waals surface area contributed by atoms with E-state index in [1.165, 1.54) is 12.1 Å². The Kier molecular flexibility index (Phi) is 4.82. The van der Waals surface area contributed by atoms with Crippen molar-refractivity contribution in [1.82, 2.24) is 9.88 Å². The lowest BCUT2D eigenvalue weighted by atomic mass is 10.1. The van der Waals surface area contributed by atoms with E-state index in [0.717, 1.165) is 11.8 Å². The maximum absolute atomic E-state index is 12.5.